The van der Waals surface area contributed by atoms with Crippen molar-refractivity contribution in [3.8, 4) is 5.75 Å². The van der Waals surface area contributed by atoms with Crippen molar-refractivity contribution in [3.05, 3.63) is 70.1 Å². The van der Waals surface area contributed by atoms with Crippen LogP contribution in [0.4, 0.5) is 5.69 Å². The molecule has 0 aliphatic rings. The molecule has 0 fully saturated rings. The second-order valence-electron chi connectivity index (χ2n) is 4.66. The number of hydrogen-bond donors (Lipinski definition) is 0. The summed E-state index contributed by atoms with van der Waals surface area (Å²) in [6.07, 6.45) is 0. The lowest BCUT2D eigenvalue weighted by molar-refractivity contribution is -0.387. The molecule has 7 nitrogen and oxygen atoms in total. The van der Waals surface area contributed by atoms with Crippen LogP contribution in [0, 0.1) is 10.1 Å². The molecule has 130 valence electrons. The molecular weight excluding hydrogens is 366 g/mol. The van der Waals surface area contributed by atoms with E-state index in [4.69, 9.17) is 4.74 Å². The number of rotatable bonds is 3. The largest absolute Gasteiger partial charge is 0.744 e. The molecule has 0 N–H and O–H groups in total. The molecule has 0 saturated heterocycles. The molecule has 0 aliphatic carbocycles. The number of nitro benzene ring substituents is 1. The predicted molar refractivity (Wildman–Crippen MR) is 93.8 cm³/mol. The van der Waals surface area contributed by atoms with Crippen molar-refractivity contribution in [2.75, 3.05) is 7.11 Å². The van der Waals surface area contributed by atoms with E-state index in [9.17, 15) is 23.1 Å². The Bertz CT molecular complexity index is 999. The van der Waals surface area contributed by atoms with Crippen LogP contribution in [0.3, 0.4) is 0 Å². The van der Waals surface area contributed by atoms with E-state index in [0.717, 1.165) is 17.9 Å². The quantitative estimate of drug-likeness (QED) is 0.297. The molecule has 3 aromatic rings. The third-order valence-corrected chi connectivity index (χ3v) is 4.88. The van der Waals surface area contributed by atoms with Gasteiger partial charge in [0.05, 0.1) is 17.4 Å². The lowest BCUT2D eigenvalue weighted by atomic mass is 10.2. The second kappa shape index (κ2) is 7.97. The summed E-state index contributed by atoms with van der Waals surface area (Å²) in [7, 11) is -3.07. The van der Waals surface area contributed by atoms with Gasteiger partial charge >= 0.3 is 0 Å². The summed E-state index contributed by atoms with van der Waals surface area (Å²) in [6.45, 7) is 0. The first-order valence-corrected chi connectivity index (χ1v) is 9.16. The molecule has 0 radical (unpaired) electrons. The van der Waals surface area contributed by atoms with Crippen molar-refractivity contribution in [2.45, 2.75) is 4.90 Å². The molecule has 3 rings (SSSR count). The highest BCUT2D eigenvalue weighted by Gasteiger charge is 2.16. The van der Waals surface area contributed by atoms with Gasteiger partial charge in [-0.15, -0.1) is 0 Å². The summed E-state index contributed by atoms with van der Waals surface area (Å²) in [5, 5.41) is 13.5. The van der Waals surface area contributed by atoms with E-state index >= 15 is 0 Å². The summed E-state index contributed by atoms with van der Waals surface area (Å²) >= 11 is 1.73. The maximum absolute atomic E-state index is 10.5. The molecular formula is C16H13NO6S2. The van der Waals surface area contributed by atoms with Crippen molar-refractivity contribution in [2.24, 2.45) is 0 Å². The van der Waals surface area contributed by atoms with E-state index in [1.165, 1.54) is 22.2 Å². The number of nitro groups is 1. The number of methoxy groups -OCH3 is 1. The minimum absolute atomic E-state index is 0.697. The first-order chi connectivity index (χ1) is 11.8. The molecule has 0 atom stereocenters. The van der Waals surface area contributed by atoms with Gasteiger partial charge < -0.3 is 9.29 Å². The maximum atomic E-state index is 10.5. The summed E-state index contributed by atoms with van der Waals surface area (Å²) in [5.41, 5.74) is -0.697. The number of ether oxygens (including phenoxy) is 1. The maximum Gasteiger partial charge on any atom is 0.286 e. The first kappa shape index (κ1) is 18.7. The van der Waals surface area contributed by atoms with Gasteiger partial charge in [-0.3, -0.25) is 10.1 Å². The Labute approximate surface area is 148 Å². The monoisotopic (exact) mass is 379 g/mol. The van der Waals surface area contributed by atoms with Crippen molar-refractivity contribution >= 4 is 37.2 Å². The minimum atomic E-state index is -4.77. The van der Waals surface area contributed by atoms with Gasteiger partial charge in [0.1, 0.15) is 20.8 Å². The van der Waals surface area contributed by atoms with Gasteiger partial charge in [-0.2, -0.15) is 0 Å². The molecule has 0 saturated carbocycles. The van der Waals surface area contributed by atoms with Crippen LogP contribution in [-0.2, 0) is 10.1 Å². The Balaban J connectivity index is 0.000000181. The fourth-order valence-corrected chi connectivity index (χ4v) is 3.46. The Hall–Kier alpha value is -2.62. The van der Waals surface area contributed by atoms with Crippen LogP contribution >= 0.6 is 11.3 Å². The zero-order valence-corrected chi connectivity index (χ0v) is 14.6. The van der Waals surface area contributed by atoms with Gasteiger partial charge in [0.2, 0.25) is 16.0 Å². The van der Waals surface area contributed by atoms with Crippen molar-refractivity contribution in [3.63, 3.8) is 0 Å². The van der Waals surface area contributed by atoms with Crippen LogP contribution in [0.25, 0.3) is 10.1 Å². The molecule has 0 bridgehead atoms. The summed E-state index contributed by atoms with van der Waals surface area (Å²) in [6, 6.07) is 14.6. The van der Waals surface area contributed by atoms with E-state index in [0.29, 0.717) is 0 Å². The number of fused-ring (bicyclic) bond motifs is 1. The zero-order chi connectivity index (χ0) is 18.4. The van der Waals surface area contributed by atoms with Crippen molar-refractivity contribution in [1.82, 2.24) is 0 Å². The normalized spacial score (nSPS) is 10.6. The predicted octanol–water partition coefficient (Wildman–Crippen LogP) is 3.69. The average Bonchev–Trinajstić information content (AvgIpc) is 2.61. The molecule has 1 heterocycles. The Morgan fingerprint density at radius 1 is 1.04 bits per heavy atom. The third kappa shape index (κ3) is 4.69. The number of nitrogens with zero attached hydrogens (tertiary/aromatic N) is 1. The van der Waals surface area contributed by atoms with Gasteiger partial charge in [0.25, 0.3) is 5.69 Å². The van der Waals surface area contributed by atoms with E-state index in [1.54, 1.807) is 18.4 Å². The van der Waals surface area contributed by atoms with Gasteiger partial charge in [-0.05, 0) is 12.1 Å². The second-order valence-corrected chi connectivity index (χ2v) is 6.96. The topological polar surface area (TPSA) is 110 Å². The van der Waals surface area contributed by atoms with Gasteiger partial charge in [0, 0.05) is 18.2 Å². The van der Waals surface area contributed by atoms with Crippen LogP contribution in [0.15, 0.2) is 64.9 Å². The minimum Gasteiger partial charge on any atom is -0.744 e. The van der Waals surface area contributed by atoms with Crippen molar-refractivity contribution < 1.29 is 22.6 Å². The Kier molecular flexibility index (Phi) is 5.97. The number of hydrogen-bond acceptors (Lipinski definition) is 6. The van der Waals surface area contributed by atoms with Crippen molar-refractivity contribution in [1.29, 1.82) is 0 Å². The average molecular weight is 379 g/mol. The highest BCUT2D eigenvalue weighted by molar-refractivity contribution is 7.85. The fraction of sp³-hybridized carbons (Fsp3) is 0.0625. The lowest BCUT2D eigenvalue weighted by Crippen LogP contribution is -2.02. The number of para-hydroxylation sites is 1. The molecule has 9 heteroatoms. The van der Waals surface area contributed by atoms with E-state index in [1.807, 2.05) is 23.6 Å². The highest BCUT2D eigenvalue weighted by Crippen LogP contribution is 2.27. The van der Waals surface area contributed by atoms with Gasteiger partial charge in [-0.1, -0.05) is 24.3 Å². The molecule has 2 aromatic carbocycles. The highest BCUT2D eigenvalue weighted by atomic mass is 32.2. The van der Waals surface area contributed by atoms with Crippen LogP contribution < -0.4 is 4.74 Å². The van der Waals surface area contributed by atoms with Crippen LogP contribution in [0.1, 0.15) is 0 Å². The number of benzene rings is 2. The fourth-order valence-electron chi connectivity index (χ4n) is 2.03. The lowest BCUT2D eigenvalue weighted by Gasteiger charge is -2.06. The van der Waals surface area contributed by atoms with E-state index in [-0.39, 0.29) is 0 Å². The molecule has 0 spiro atoms. The molecule has 25 heavy (non-hydrogen) atoms. The zero-order valence-electron chi connectivity index (χ0n) is 13.0. The van der Waals surface area contributed by atoms with Gasteiger partial charge in [0.15, 0.2) is 5.38 Å². The van der Waals surface area contributed by atoms with Gasteiger partial charge in [-0.25, -0.2) is 8.42 Å². The Morgan fingerprint density at radius 3 is 2.28 bits per heavy atom. The molecule has 0 amide bonds. The standard InChI is InChI=1S/C10H9OS.C6H5NO5S/c1-11-9-6-7-12-10-5-3-2-4-8(9)10;8-7(9)5-3-1-2-4-6(5)13(10,11)12/h2-7H,1H3;1-4H,(H,10,11,12)/q+1;/p-1. The molecule has 1 aromatic heterocycles. The third-order valence-electron chi connectivity index (χ3n) is 3.12. The van der Waals surface area contributed by atoms with Crippen LogP contribution in [0.5, 0.6) is 5.75 Å². The summed E-state index contributed by atoms with van der Waals surface area (Å²) < 4.78 is 38.0. The molecule has 0 aliphatic heterocycles. The Morgan fingerprint density at radius 2 is 1.68 bits per heavy atom. The first-order valence-electron chi connectivity index (χ1n) is 6.87. The summed E-state index contributed by atoms with van der Waals surface area (Å²) in [5.74, 6) is 0.948. The van der Waals surface area contributed by atoms with Crippen LogP contribution in [-0.4, -0.2) is 25.0 Å². The SMILES string of the molecule is COc1cc[s+]c2ccccc12.O=[N+]([O-])c1ccccc1S(=O)(=O)[O-]. The summed E-state index contributed by atoms with van der Waals surface area (Å²) in [4.78, 5) is 8.55. The molecule has 0 unspecified atom stereocenters. The van der Waals surface area contributed by atoms with Crippen LogP contribution in [0.2, 0.25) is 0 Å². The van der Waals surface area contributed by atoms with E-state index < -0.39 is 25.6 Å². The smallest absolute Gasteiger partial charge is 0.286 e. The van der Waals surface area contributed by atoms with E-state index in [2.05, 4.69) is 12.1 Å².